The molecule has 180 valence electrons. The molecule has 1 fully saturated rings. The highest BCUT2D eigenvalue weighted by atomic mass is 16.6. The number of phenolic OH excluding ortho intramolecular Hbond substituents is 1. The first-order valence-electron chi connectivity index (χ1n) is 11.5. The molecule has 3 aromatic rings. The minimum atomic E-state index is -0.510. The number of anilines is 1. The van der Waals surface area contributed by atoms with Gasteiger partial charge in [0.15, 0.2) is 5.82 Å². The topological polar surface area (TPSA) is 105 Å². The number of rotatable bonds is 3. The van der Waals surface area contributed by atoms with Crippen LogP contribution in [0.5, 0.6) is 5.75 Å². The van der Waals surface area contributed by atoms with Gasteiger partial charge in [0.2, 0.25) is 0 Å². The number of aromatic nitrogens is 4. The number of aromatic hydroxyl groups is 1. The number of ether oxygens (including phenoxy) is 1. The number of fused-ring (bicyclic) bond motifs is 1. The molecule has 1 saturated heterocycles. The molecule has 1 aromatic carbocycles. The highest BCUT2D eigenvalue weighted by molar-refractivity contribution is 5.78. The van der Waals surface area contributed by atoms with E-state index >= 15 is 0 Å². The molecule has 9 nitrogen and oxygen atoms in total. The molecule has 1 amide bonds. The highest BCUT2D eigenvalue weighted by Crippen LogP contribution is 2.22. The lowest BCUT2D eigenvalue weighted by molar-refractivity contribution is 0.0293. The van der Waals surface area contributed by atoms with Gasteiger partial charge in [0, 0.05) is 25.2 Å². The quantitative estimate of drug-likeness (QED) is 0.571. The second kappa shape index (κ2) is 11.5. The Hall–Kier alpha value is -3.36. The van der Waals surface area contributed by atoms with Crippen LogP contribution in [0.3, 0.4) is 0 Å². The fourth-order valence-corrected chi connectivity index (χ4v) is 3.30. The Morgan fingerprint density at radius 3 is 2.61 bits per heavy atom. The molecule has 33 heavy (non-hydrogen) atoms. The maximum absolute atomic E-state index is 12.2. The van der Waals surface area contributed by atoms with Crippen molar-refractivity contribution in [2.24, 2.45) is 0 Å². The number of carbonyl (C=O) groups excluding carboxylic acids is 1. The molecule has 1 aliphatic rings. The summed E-state index contributed by atoms with van der Waals surface area (Å²) in [5.41, 5.74) is 0.991. The van der Waals surface area contributed by atoms with E-state index in [1.165, 1.54) is 0 Å². The van der Waals surface area contributed by atoms with Crippen LogP contribution in [0.4, 0.5) is 10.6 Å². The maximum Gasteiger partial charge on any atom is 0.410 e. The van der Waals surface area contributed by atoms with E-state index in [1.54, 1.807) is 46.4 Å². The molecule has 0 bridgehead atoms. The lowest BCUT2D eigenvalue weighted by atomic mass is 10.2. The van der Waals surface area contributed by atoms with Gasteiger partial charge in [-0.3, -0.25) is 9.55 Å². The van der Waals surface area contributed by atoms with Crippen LogP contribution in [0.25, 0.3) is 16.9 Å². The number of likely N-dealkylation sites (tertiary alicyclic amines) is 1. The average molecular weight is 457 g/mol. The third-order valence-electron chi connectivity index (χ3n) is 4.59. The monoisotopic (exact) mass is 456 g/mol. The lowest BCUT2D eigenvalue weighted by Crippen LogP contribution is -2.36. The van der Waals surface area contributed by atoms with Crippen LogP contribution in [-0.2, 0) is 4.74 Å². The van der Waals surface area contributed by atoms with Crippen molar-refractivity contribution in [3.8, 4) is 11.6 Å². The summed E-state index contributed by atoms with van der Waals surface area (Å²) >= 11 is 0. The number of carbonyl (C=O) groups is 1. The first-order valence-corrected chi connectivity index (χ1v) is 11.5. The Kier molecular flexibility index (Phi) is 9.02. The van der Waals surface area contributed by atoms with Gasteiger partial charge in [-0.15, -0.1) is 0 Å². The van der Waals surface area contributed by atoms with Crippen LogP contribution in [-0.4, -0.2) is 60.4 Å². The van der Waals surface area contributed by atoms with Crippen molar-refractivity contribution < 1.29 is 14.6 Å². The van der Waals surface area contributed by atoms with Gasteiger partial charge in [0.05, 0.1) is 23.4 Å². The average Bonchev–Trinajstić information content (AvgIpc) is 3.42. The summed E-state index contributed by atoms with van der Waals surface area (Å²) in [6, 6.07) is 5.05. The number of hydrogen-bond donors (Lipinski definition) is 2. The van der Waals surface area contributed by atoms with E-state index < -0.39 is 5.60 Å². The zero-order valence-electron chi connectivity index (χ0n) is 20.7. The fourth-order valence-electron chi connectivity index (χ4n) is 3.30. The van der Waals surface area contributed by atoms with Crippen LogP contribution in [0.2, 0.25) is 0 Å². The van der Waals surface area contributed by atoms with E-state index in [-0.39, 0.29) is 17.9 Å². The van der Waals surface area contributed by atoms with Crippen molar-refractivity contribution >= 4 is 22.9 Å². The number of phenols is 1. The van der Waals surface area contributed by atoms with Crippen LogP contribution in [0.15, 0.2) is 36.9 Å². The molecule has 3 heterocycles. The van der Waals surface area contributed by atoms with Crippen LogP contribution in [0, 0.1) is 0 Å². The number of nitrogens with zero attached hydrogens (tertiary/aromatic N) is 5. The van der Waals surface area contributed by atoms with Crippen LogP contribution in [0.1, 0.15) is 54.9 Å². The normalized spacial score (nSPS) is 15.2. The maximum atomic E-state index is 12.2. The predicted molar refractivity (Wildman–Crippen MR) is 131 cm³/mol. The fraction of sp³-hybridized carbons (Fsp3) is 0.500. The molecular weight excluding hydrogens is 420 g/mol. The van der Waals surface area contributed by atoms with E-state index in [9.17, 15) is 9.90 Å². The summed E-state index contributed by atoms with van der Waals surface area (Å²) in [6.45, 7) is 14.7. The summed E-state index contributed by atoms with van der Waals surface area (Å²) in [5.74, 6) is 1.36. The largest absolute Gasteiger partial charge is 0.508 e. The summed E-state index contributed by atoms with van der Waals surface area (Å²) in [5, 5.41) is 13.1. The van der Waals surface area contributed by atoms with Crippen molar-refractivity contribution in [1.29, 1.82) is 0 Å². The van der Waals surface area contributed by atoms with Gasteiger partial charge in [-0.05, 0) is 39.3 Å². The third-order valence-corrected chi connectivity index (χ3v) is 4.59. The zero-order valence-corrected chi connectivity index (χ0v) is 20.7. The van der Waals surface area contributed by atoms with E-state index in [1.807, 2.05) is 48.5 Å². The third kappa shape index (κ3) is 6.81. The van der Waals surface area contributed by atoms with Gasteiger partial charge in [-0.25, -0.2) is 14.8 Å². The Bertz CT molecular complexity index is 1040. The molecule has 0 spiro atoms. The molecule has 0 aliphatic carbocycles. The van der Waals surface area contributed by atoms with E-state index in [0.29, 0.717) is 24.7 Å². The molecule has 2 N–H and O–H groups in total. The van der Waals surface area contributed by atoms with Gasteiger partial charge in [0.1, 0.15) is 23.5 Å². The molecule has 2 aromatic heterocycles. The van der Waals surface area contributed by atoms with Crippen molar-refractivity contribution in [2.45, 2.75) is 66.5 Å². The Morgan fingerprint density at radius 2 is 1.91 bits per heavy atom. The van der Waals surface area contributed by atoms with Crippen molar-refractivity contribution in [3.63, 3.8) is 0 Å². The smallest absolute Gasteiger partial charge is 0.410 e. The molecule has 0 radical (unpaired) electrons. The SMILES string of the molecule is CC.CC.CC(C)(C)OC(=O)N1CCC(Nc2cncc(-n3cnc4ccc(O)cc43)n2)C1. The van der Waals surface area contributed by atoms with E-state index in [2.05, 4.69) is 20.3 Å². The Balaban J connectivity index is 0.000000914. The minimum Gasteiger partial charge on any atom is -0.508 e. The summed E-state index contributed by atoms with van der Waals surface area (Å²) in [6.07, 6.45) is 5.44. The number of imidazole rings is 1. The molecule has 1 unspecified atom stereocenters. The van der Waals surface area contributed by atoms with Crippen molar-refractivity contribution in [1.82, 2.24) is 24.4 Å². The van der Waals surface area contributed by atoms with Crippen molar-refractivity contribution in [2.75, 3.05) is 18.4 Å². The summed E-state index contributed by atoms with van der Waals surface area (Å²) in [7, 11) is 0. The Labute approximate surface area is 195 Å². The van der Waals surface area contributed by atoms with Gasteiger partial charge in [-0.2, -0.15) is 0 Å². The Morgan fingerprint density at radius 1 is 1.18 bits per heavy atom. The van der Waals surface area contributed by atoms with E-state index in [0.717, 1.165) is 17.5 Å². The van der Waals surface area contributed by atoms with Crippen molar-refractivity contribution in [3.05, 3.63) is 36.9 Å². The van der Waals surface area contributed by atoms with Gasteiger partial charge >= 0.3 is 6.09 Å². The molecule has 9 heteroatoms. The molecule has 0 saturated carbocycles. The number of benzene rings is 1. The lowest BCUT2D eigenvalue weighted by Gasteiger charge is -2.24. The second-order valence-corrected chi connectivity index (χ2v) is 8.11. The molecule has 4 rings (SSSR count). The summed E-state index contributed by atoms with van der Waals surface area (Å²) in [4.78, 5) is 27.2. The number of amides is 1. The molecule has 1 aliphatic heterocycles. The van der Waals surface area contributed by atoms with E-state index in [4.69, 9.17) is 4.74 Å². The zero-order chi connectivity index (χ0) is 24.6. The number of hydrogen-bond acceptors (Lipinski definition) is 7. The van der Waals surface area contributed by atoms with Gasteiger partial charge in [0.25, 0.3) is 0 Å². The first kappa shape index (κ1) is 25.9. The molecular formula is C24H36N6O3. The molecule has 1 atom stereocenters. The summed E-state index contributed by atoms with van der Waals surface area (Å²) < 4.78 is 7.21. The van der Waals surface area contributed by atoms with Crippen LogP contribution >= 0.6 is 0 Å². The van der Waals surface area contributed by atoms with Gasteiger partial charge < -0.3 is 20.1 Å². The predicted octanol–water partition coefficient (Wildman–Crippen LogP) is 4.99. The standard InChI is InChI=1S/C20H24N6O3.2C2H6/c1-20(2,3)29-19(28)25-7-6-13(11-25)23-17-9-21-10-18(24-17)26-12-22-15-5-4-14(27)8-16(15)26;2*1-2/h4-5,8-10,12-13,27H,6-7,11H2,1-3H3,(H,23,24);2*1-2H3. The number of nitrogens with one attached hydrogen (secondary N) is 1. The minimum absolute atomic E-state index is 0.0654. The van der Waals surface area contributed by atoms with Gasteiger partial charge in [-0.1, -0.05) is 27.7 Å². The second-order valence-electron chi connectivity index (χ2n) is 8.11. The highest BCUT2D eigenvalue weighted by Gasteiger charge is 2.30. The van der Waals surface area contributed by atoms with Crippen LogP contribution < -0.4 is 5.32 Å². The first-order chi connectivity index (χ1) is 15.8.